The van der Waals surface area contributed by atoms with Crippen molar-refractivity contribution in [3.8, 4) is 0 Å². The molecule has 4 nitrogen and oxygen atoms in total. The number of piperidine rings is 1. The molecule has 0 radical (unpaired) electrons. The van der Waals surface area contributed by atoms with E-state index >= 15 is 0 Å². The molecule has 3 rings (SSSR count). The topological polar surface area (TPSA) is 52.6 Å². The number of rotatable bonds is 6. The molecule has 1 aliphatic heterocycles. The number of benzene rings is 2. The third-order valence-electron chi connectivity index (χ3n) is 4.79. The fraction of sp³-hybridized carbons (Fsp3) is 0.381. The van der Waals surface area contributed by atoms with Gasteiger partial charge in [-0.1, -0.05) is 36.8 Å². The number of halogens is 1. The van der Waals surface area contributed by atoms with Crippen molar-refractivity contribution in [3.63, 3.8) is 0 Å². The van der Waals surface area contributed by atoms with E-state index in [0.29, 0.717) is 5.56 Å². The molecule has 2 aromatic rings. The van der Waals surface area contributed by atoms with Crippen molar-refractivity contribution >= 4 is 5.91 Å². The number of carbonyl (C=O) groups excluding carboxylic acids is 1. The quantitative estimate of drug-likeness (QED) is 0.835. The first-order valence-corrected chi connectivity index (χ1v) is 9.15. The van der Waals surface area contributed by atoms with Crippen molar-refractivity contribution in [2.24, 2.45) is 0 Å². The van der Waals surface area contributed by atoms with Gasteiger partial charge in [0.15, 0.2) is 0 Å². The molecule has 1 heterocycles. The van der Waals surface area contributed by atoms with Crippen molar-refractivity contribution < 1.29 is 14.3 Å². The van der Waals surface area contributed by atoms with Gasteiger partial charge in [-0.3, -0.25) is 9.69 Å². The lowest BCUT2D eigenvalue weighted by Crippen LogP contribution is -2.29. The van der Waals surface area contributed by atoms with Crippen LogP contribution >= 0.6 is 0 Å². The molecule has 2 N–H and O–H groups in total. The molecule has 26 heavy (non-hydrogen) atoms. The molecule has 0 spiro atoms. The largest absolute Gasteiger partial charge is 0.386 e. The van der Waals surface area contributed by atoms with Gasteiger partial charge in [-0.05, 0) is 49.7 Å². The van der Waals surface area contributed by atoms with Crippen molar-refractivity contribution in [2.75, 3.05) is 19.6 Å². The van der Waals surface area contributed by atoms with Crippen LogP contribution in [0.2, 0.25) is 0 Å². The van der Waals surface area contributed by atoms with Gasteiger partial charge in [0, 0.05) is 24.2 Å². The Morgan fingerprint density at radius 3 is 2.46 bits per heavy atom. The van der Waals surface area contributed by atoms with E-state index in [9.17, 15) is 14.3 Å². The summed E-state index contributed by atoms with van der Waals surface area (Å²) in [5, 5.41) is 12.7. The molecule has 1 fully saturated rings. The molecule has 0 saturated carbocycles. The Morgan fingerprint density at radius 1 is 1.08 bits per heavy atom. The van der Waals surface area contributed by atoms with Crippen LogP contribution in [0, 0.1) is 5.82 Å². The van der Waals surface area contributed by atoms with Crippen molar-refractivity contribution in [1.29, 1.82) is 0 Å². The van der Waals surface area contributed by atoms with E-state index in [1.807, 2.05) is 12.1 Å². The zero-order valence-electron chi connectivity index (χ0n) is 14.8. The number of aliphatic hydroxyl groups excluding tert-OH is 1. The zero-order valence-corrected chi connectivity index (χ0v) is 14.8. The van der Waals surface area contributed by atoms with Gasteiger partial charge in [-0.25, -0.2) is 4.39 Å². The second kappa shape index (κ2) is 8.92. The van der Waals surface area contributed by atoms with Gasteiger partial charge in [-0.2, -0.15) is 0 Å². The summed E-state index contributed by atoms with van der Waals surface area (Å²) in [6, 6.07) is 13.6. The lowest BCUT2D eigenvalue weighted by Gasteiger charge is -2.26. The lowest BCUT2D eigenvalue weighted by atomic mass is 10.1. The van der Waals surface area contributed by atoms with Crippen LogP contribution in [0.4, 0.5) is 4.39 Å². The van der Waals surface area contributed by atoms with Crippen LogP contribution in [-0.4, -0.2) is 35.5 Å². The van der Waals surface area contributed by atoms with Crippen LogP contribution in [0.3, 0.4) is 0 Å². The summed E-state index contributed by atoms with van der Waals surface area (Å²) in [7, 11) is 0. The molecular formula is C21H25FN2O2. The molecule has 1 saturated heterocycles. The van der Waals surface area contributed by atoms with Gasteiger partial charge in [0.1, 0.15) is 5.82 Å². The number of likely N-dealkylation sites (tertiary alicyclic amines) is 1. The Hall–Kier alpha value is -2.24. The maximum Gasteiger partial charge on any atom is 0.251 e. The Labute approximate surface area is 153 Å². The fourth-order valence-electron chi connectivity index (χ4n) is 3.28. The number of aliphatic hydroxyl groups is 1. The number of amides is 1. The molecule has 1 unspecified atom stereocenters. The average Bonchev–Trinajstić information content (AvgIpc) is 2.67. The van der Waals surface area contributed by atoms with E-state index in [1.165, 1.54) is 37.0 Å². The molecule has 1 atom stereocenters. The Kier molecular flexibility index (Phi) is 6.36. The summed E-state index contributed by atoms with van der Waals surface area (Å²) >= 11 is 0. The molecule has 1 aliphatic rings. The van der Waals surface area contributed by atoms with Gasteiger partial charge >= 0.3 is 0 Å². The standard InChI is InChI=1S/C21H25FN2O2/c22-19-7-3-2-6-18(19)20(25)14-23-21(26)17-10-8-16(9-11-17)15-24-12-4-1-5-13-24/h2-3,6-11,20,25H,1,4-5,12-15H2,(H,23,26). The Bertz CT molecular complexity index is 727. The molecular weight excluding hydrogens is 331 g/mol. The average molecular weight is 356 g/mol. The number of hydrogen-bond acceptors (Lipinski definition) is 3. The molecule has 2 aromatic carbocycles. The maximum atomic E-state index is 13.6. The zero-order chi connectivity index (χ0) is 18.4. The van der Waals surface area contributed by atoms with Crippen LogP contribution in [-0.2, 0) is 6.54 Å². The van der Waals surface area contributed by atoms with E-state index < -0.39 is 11.9 Å². The van der Waals surface area contributed by atoms with Crippen LogP contribution in [0.15, 0.2) is 48.5 Å². The molecule has 1 amide bonds. The maximum absolute atomic E-state index is 13.6. The third-order valence-corrected chi connectivity index (χ3v) is 4.79. The van der Waals surface area contributed by atoms with Crippen LogP contribution in [0.1, 0.15) is 46.9 Å². The first-order valence-electron chi connectivity index (χ1n) is 9.15. The highest BCUT2D eigenvalue weighted by Gasteiger charge is 2.15. The Balaban J connectivity index is 1.52. The summed E-state index contributed by atoms with van der Waals surface area (Å²) in [6.45, 7) is 3.15. The molecule has 0 aliphatic carbocycles. The van der Waals surface area contributed by atoms with E-state index in [4.69, 9.17) is 0 Å². The highest BCUT2D eigenvalue weighted by molar-refractivity contribution is 5.94. The van der Waals surface area contributed by atoms with E-state index in [0.717, 1.165) is 19.6 Å². The number of nitrogens with zero attached hydrogens (tertiary/aromatic N) is 1. The van der Waals surface area contributed by atoms with Crippen LogP contribution in [0.25, 0.3) is 0 Å². The first kappa shape index (κ1) is 18.5. The lowest BCUT2D eigenvalue weighted by molar-refractivity contribution is 0.0914. The summed E-state index contributed by atoms with van der Waals surface area (Å²) in [5.74, 6) is -0.749. The molecule has 0 aromatic heterocycles. The summed E-state index contributed by atoms with van der Waals surface area (Å²) in [6.07, 6.45) is 2.75. The predicted octanol–water partition coefficient (Wildman–Crippen LogP) is 3.28. The molecule has 5 heteroatoms. The van der Waals surface area contributed by atoms with Gasteiger partial charge in [0.05, 0.1) is 6.10 Å². The van der Waals surface area contributed by atoms with E-state index in [1.54, 1.807) is 24.3 Å². The van der Waals surface area contributed by atoms with Crippen LogP contribution < -0.4 is 5.32 Å². The number of nitrogens with one attached hydrogen (secondary N) is 1. The third kappa shape index (κ3) is 4.90. The Morgan fingerprint density at radius 2 is 1.77 bits per heavy atom. The second-order valence-electron chi connectivity index (χ2n) is 6.78. The second-order valence-corrected chi connectivity index (χ2v) is 6.78. The number of hydrogen-bond donors (Lipinski definition) is 2. The highest BCUT2D eigenvalue weighted by Crippen LogP contribution is 2.16. The first-order chi connectivity index (χ1) is 12.6. The van der Waals surface area contributed by atoms with Gasteiger partial charge in [0.2, 0.25) is 0 Å². The van der Waals surface area contributed by atoms with Crippen molar-refractivity contribution in [1.82, 2.24) is 10.2 Å². The van der Waals surface area contributed by atoms with E-state index in [2.05, 4.69) is 10.2 Å². The predicted molar refractivity (Wildman–Crippen MR) is 99.3 cm³/mol. The summed E-state index contributed by atoms with van der Waals surface area (Å²) in [5.41, 5.74) is 1.91. The fourth-order valence-corrected chi connectivity index (χ4v) is 3.28. The van der Waals surface area contributed by atoms with Gasteiger partial charge < -0.3 is 10.4 Å². The summed E-state index contributed by atoms with van der Waals surface area (Å²) in [4.78, 5) is 14.7. The van der Waals surface area contributed by atoms with Crippen LogP contribution in [0.5, 0.6) is 0 Å². The minimum Gasteiger partial charge on any atom is -0.386 e. The minimum absolute atomic E-state index is 0.0324. The molecule has 0 bridgehead atoms. The van der Waals surface area contributed by atoms with Crippen molar-refractivity contribution in [2.45, 2.75) is 31.9 Å². The van der Waals surface area contributed by atoms with E-state index in [-0.39, 0.29) is 18.0 Å². The summed E-state index contributed by atoms with van der Waals surface area (Å²) < 4.78 is 13.6. The number of carbonyl (C=O) groups is 1. The monoisotopic (exact) mass is 356 g/mol. The van der Waals surface area contributed by atoms with Crippen molar-refractivity contribution in [3.05, 3.63) is 71.0 Å². The van der Waals surface area contributed by atoms with Gasteiger partial charge in [0.25, 0.3) is 5.91 Å². The van der Waals surface area contributed by atoms with Gasteiger partial charge in [-0.15, -0.1) is 0 Å². The minimum atomic E-state index is -1.07. The normalized spacial score (nSPS) is 16.2. The highest BCUT2D eigenvalue weighted by atomic mass is 19.1. The molecule has 138 valence electrons. The SMILES string of the molecule is O=C(NCC(O)c1ccccc1F)c1ccc(CN2CCCCC2)cc1. The smallest absolute Gasteiger partial charge is 0.251 e.